The fourth-order valence-electron chi connectivity index (χ4n) is 1.53. The molecule has 0 bridgehead atoms. The molecule has 2 heterocycles. The van der Waals surface area contributed by atoms with Gasteiger partial charge in [-0.15, -0.1) is 11.3 Å². The minimum atomic E-state index is 0.669. The maximum Gasteiger partial charge on any atom is 0.126 e. The van der Waals surface area contributed by atoms with Gasteiger partial charge in [0, 0.05) is 16.1 Å². The molecule has 0 amide bonds. The Kier molecular flexibility index (Phi) is 2.14. The van der Waals surface area contributed by atoms with Crippen molar-refractivity contribution in [3.63, 3.8) is 0 Å². The first kappa shape index (κ1) is 9.04. The topological polar surface area (TPSA) is 39.6 Å². The lowest BCUT2D eigenvalue weighted by Gasteiger charge is -1.95. The molecule has 0 saturated carbocycles. The van der Waals surface area contributed by atoms with Crippen LogP contribution in [0.5, 0.6) is 0 Å². The molecular formula is C11H10N2S. The molecule has 2 aromatic rings. The van der Waals surface area contributed by atoms with Crippen molar-refractivity contribution in [1.82, 2.24) is 4.98 Å². The van der Waals surface area contributed by atoms with Crippen LogP contribution in [0.1, 0.15) is 17.0 Å². The highest BCUT2D eigenvalue weighted by molar-refractivity contribution is 7.13. The SMILES string of the molecule is Cc1[nH]c(C#N)c(-c2cccs2)c1C. The molecule has 2 rings (SSSR count). The number of aryl methyl sites for hydroxylation is 1. The van der Waals surface area contributed by atoms with Gasteiger partial charge in [0.05, 0.1) is 0 Å². The van der Waals surface area contributed by atoms with Crippen molar-refractivity contribution in [1.29, 1.82) is 5.26 Å². The van der Waals surface area contributed by atoms with E-state index in [1.165, 1.54) is 5.56 Å². The quantitative estimate of drug-likeness (QED) is 0.757. The predicted molar refractivity (Wildman–Crippen MR) is 58.3 cm³/mol. The lowest BCUT2D eigenvalue weighted by atomic mass is 10.1. The second kappa shape index (κ2) is 3.32. The average Bonchev–Trinajstić information content (AvgIpc) is 2.76. The van der Waals surface area contributed by atoms with Crippen LogP contribution in [0.25, 0.3) is 10.4 Å². The van der Waals surface area contributed by atoms with Gasteiger partial charge in [-0.3, -0.25) is 0 Å². The second-order valence-corrected chi connectivity index (χ2v) is 4.16. The Morgan fingerprint density at radius 2 is 2.21 bits per heavy atom. The standard InChI is InChI=1S/C11H10N2S/c1-7-8(2)13-9(6-12)11(7)10-4-3-5-14-10/h3-5,13H,1-2H3. The van der Waals surface area contributed by atoms with Crippen LogP contribution in [0.4, 0.5) is 0 Å². The molecule has 14 heavy (non-hydrogen) atoms. The summed E-state index contributed by atoms with van der Waals surface area (Å²) in [5.74, 6) is 0. The van der Waals surface area contributed by atoms with Crippen molar-refractivity contribution < 1.29 is 0 Å². The number of nitriles is 1. The van der Waals surface area contributed by atoms with Gasteiger partial charge in [0.1, 0.15) is 11.8 Å². The first-order chi connectivity index (χ1) is 6.74. The maximum atomic E-state index is 8.98. The Labute approximate surface area is 86.8 Å². The van der Waals surface area contributed by atoms with Crippen LogP contribution < -0.4 is 0 Å². The Morgan fingerprint density at radius 3 is 2.79 bits per heavy atom. The summed E-state index contributed by atoms with van der Waals surface area (Å²) in [5, 5.41) is 11.0. The average molecular weight is 202 g/mol. The highest BCUT2D eigenvalue weighted by atomic mass is 32.1. The Hall–Kier alpha value is -1.53. The zero-order chi connectivity index (χ0) is 10.1. The number of nitrogens with zero attached hydrogens (tertiary/aromatic N) is 1. The Balaban J connectivity index is 2.69. The third-order valence-corrected chi connectivity index (χ3v) is 3.27. The van der Waals surface area contributed by atoms with Gasteiger partial charge in [-0.05, 0) is 30.9 Å². The van der Waals surface area contributed by atoms with Gasteiger partial charge in [0.2, 0.25) is 0 Å². The molecule has 3 heteroatoms. The van der Waals surface area contributed by atoms with E-state index in [0.717, 1.165) is 16.1 Å². The smallest absolute Gasteiger partial charge is 0.126 e. The van der Waals surface area contributed by atoms with Crippen LogP contribution in [-0.2, 0) is 0 Å². The fourth-order valence-corrected chi connectivity index (χ4v) is 2.37. The molecule has 2 nitrogen and oxygen atoms in total. The Bertz CT molecular complexity index is 486. The van der Waals surface area contributed by atoms with E-state index in [1.807, 2.05) is 31.4 Å². The van der Waals surface area contributed by atoms with E-state index < -0.39 is 0 Å². The van der Waals surface area contributed by atoms with Gasteiger partial charge in [-0.1, -0.05) is 6.07 Å². The predicted octanol–water partition coefficient (Wildman–Crippen LogP) is 3.23. The normalized spacial score (nSPS) is 10.1. The van der Waals surface area contributed by atoms with Gasteiger partial charge >= 0.3 is 0 Å². The van der Waals surface area contributed by atoms with Crippen LogP contribution in [0.3, 0.4) is 0 Å². The summed E-state index contributed by atoms with van der Waals surface area (Å²) >= 11 is 1.66. The monoisotopic (exact) mass is 202 g/mol. The molecule has 0 saturated heterocycles. The molecule has 0 aromatic carbocycles. The molecule has 0 spiro atoms. The fraction of sp³-hybridized carbons (Fsp3) is 0.182. The van der Waals surface area contributed by atoms with E-state index in [-0.39, 0.29) is 0 Å². The first-order valence-corrected chi connectivity index (χ1v) is 5.25. The molecule has 0 aliphatic heterocycles. The third-order valence-electron chi connectivity index (χ3n) is 2.38. The first-order valence-electron chi connectivity index (χ1n) is 4.37. The minimum Gasteiger partial charge on any atom is -0.350 e. The highest BCUT2D eigenvalue weighted by Crippen LogP contribution is 2.32. The minimum absolute atomic E-state index is 0.669. The summed E-state index contributed by atoms with van der Waals surface area (Å²) in [6.07, 6.45) is 0. The van der Waals surface area contributed by atoms with Crippen molar-refractivity contribution in [2.75, 3.05) is 0 Å². The van der Waals surface area contributed by atoms with Crippen LogP contribution in [0.15, 0.2) is 17.5 Å². The summed E-state index contributed by atoms with van der Waals surface area (Å²) in [5.41, 5.74) is 3.97. The lowest BCUT2D eigenvalue weighted by molar-refractivity contribution is 1.21. The van der Waals surface area contributed by atoms with E-state index in [1.54, 1.807) is 11.3 Å². The molecule has 0 fully saturated rings. The van der Waals surface area contributed by atoms with Crippen molar-refractivity contribution >= 4 is 11.3 Å². The highest BCUT2D eigenvalue weighted by Gasteiger charge is 2.13. The third kappa shape index (κ3) is 1.24. The molecule has 0 atom stereocenters. The number of thiophene rings is 1. The molecule has 2 aromatic heterocycles. The van der Waals surface area contributed by atoms with E-state index >= 15 is 0 Å². The molecule has 0 radical (unpaired) electrons. The number of aromatic amines is 1. The van der Waals surface area contributed by atoms with E-state index in [9.17, 15) is 0 Å². The van der Waals surface area contributed by atoms with Crippen LogP contribution in [-0.4, -0.2) is 4.98 Å². The van der Waals surface area contributed by atoms with Gasteiger partial charge in [-0.2, -0.15) is 5.26 Å². The van der Waals surface area contributed by atoms with Crippen molar-refractivity contribution in [2.45, 2.75) is 13.8 Å². The summed E-state index contributed by atoms with van der Waals surface area (Å²) in [4.78, 5) is 4.25. The molecule has 1 N–H and O–H groups in total. The number of H-pyrrole nitrogens is 1. The van der Waals surface area contributed by atoms with Gasteiger partial charge in [0.25, 0.3) is 0 Å². The van der Waals surface area contributed by atoms with Crippen molar-refractivity contribution in [2.24, 2.45) is 0 Å². The summed E-state index contributed by atoms with van der Waals surface area (Å²) in [6.45, 7) is 4.04. The lowest BCUT2D eigenvalue weighted by Crippen LogP contribution is -1.77. The molecule has 0 unspecified atom stereocenters. The summed E-state index contributed by atoms with van der Waals surface area (Å²) in [6, 6.07) is 6.24. The van der Waals surface area contributed by atoms with Crippen molar-refractivity contribution in [3.05, 3.63) is 34.5 Å². The number of rotatable bonds is 1. The molecule has 70 valence electrons. The Morgan fingerprint density at radius 1 is 1.43 bits per heavy atom. The van der Waals surface area contributed by atoms with Gasteiger partial charge in [0.15, 0.2) is 0 Å². The number of aromatic nitrogens is 1. The largest absolute Gasteiger partial charge is 0.350 e. The zero-order valence-electron chi connectivity index (χ0n) is 8.09. The van der Waals surface area contributed by atoms with E-state index in [2.05, 4.69) is 11.1 Å². The van der Waals surface area contributed by atoms with Crippen LogP contribution in [0, 0.1) is 25.2 Å². The van der Waals surface area contributed by atoms with Crippen LogP contribution >= 0.6 is 11.3 Å². The van der Waals surface area contributed by atoms with E-state index in [4.69, 9.17) is 5.26 Å². The molecule has 0 aliphatic carbocycles. The van der Waals surface area contributed by atoms with Gasteiger partial charge in [-0.25, -0.2) is 0 Å². The maximum absolute atomic E-state index is 8.98. The molecular weight excluding hydrogens is 192 g/mol. The number of nitrogens with one attached hydrogen (secondary N) is 1. The number of hydrogen-bond donors (Lipinski definition) is 1. The van der Waals surface area contributed by atoms with Gasteiger partial charge < -0.3 is 4.98 Å². The number of hydrogen-bond acceptors (Lipinski definition) is 2. The van der Waals surface area contributed by atoms with E-state index in [0.29, 0.717) is 5.69 Å². The van der Waals surface area contributed by atoms with Crippen molar-refractivity contribution in [3.8, 4) is 16.5 Å². The summed E-state index contributed by atoms with van der Waals surface area (Å²) in [7, 11) is 0. The summed E-state index contributed by atoms with van der Waals surface area (Å²) < 4.78 is 0. The molecule has 0 aliphatic rings. The zero-order valence-corrected chi connectivity index (χ0v) is 8.90. The second-order valence-electron chi connectivity index (χ2n) is 3.21. The van der Waals surface area contributed by atoms with Crippen LogP contribution in [0.2, 0.25) is 0 Å².